The molecule has 0 saturated carbocycles. The first-order chi connectivity index (χ1) is 14.0. The number of carbonyl (C=O) groups is 2. The number of carboxylic acid groups (broad SMARTS) is 1. The molecule has 1 amide bonds. The summed E-state index contributed by atoms with van der Waals surface area (Å²) in [6.07, 6.45) is 7.17. The zero-order chi connectivity index (χ0) is 21.5. The van der Waals surface area contributed by atoms with E-state index in [9.17, 15) is 14.7 Å². The van der Waals surface area contributed by atoms with Crippen molar-refractivity contribution < 1.29 is 14.7 Å². The molecule has 0 aliphatic heterocycles. The van der Waals surface area contributed by atoms with E-state index >= 15 is 0 Å². The van der Waals surface area contributed by atoms with Crippen molar-refractivity contribution in [1.29, 1.82) is 0 Å². The van der Waals surface area contributed by atoms with Crippen molar-refractivity contribution in [2.45, 2.75) is 64.3 Å². The molecule has 1 aromatic rings. The standard InChI is InChI=1S/C22H34Cl2N2O3/c1-2-3-4-5-6-7-8-21(27)25-20(22(28)29)17-18-9-11-19(12-10-18)26(15-13-23)16-14-24/h9-12,20H,2-8,13-17H2,1H3,(H,25,27)(H,28,29). The highest BCUT2D eigenvalue weighted by Gasteiger charge is 2.20. The Balaban J connectivity index is 2.54. The predicted molar refractivity (Wildman–Crippen MR) is 121 cm³/mol. The zero-order valence-electron chi connectivity index (χ0n) is 17.3. The predicted octanol–water partition coefficient (Wildman–Crippen LogP) is 4.83. The van der Waals surface area contributed by atoms with Gasteiger partial charge in [-0.15, -0.1) is 23.2 Å². The van der Waals surface area contributed by atoms with Gasteiger partial charge < -0.3 is 15.3 Å². The molecular formula is C22H34Cl2N2O3. The van der Waals surface area contributed by atoms with E-state index in [1.165, 1.54) is 19.3 Å². The molecule has 0 spiro atoms. The first kappa shape index (κ1) is 25.6. The van der Waals surface area contributed by atoms with Gasteiger partial charge in [-0.25, -0.2) is 4.79 Å². The fourth-order valence-electron chi connectivity index (χ4n) is 3.19. The van der Waals surface area contributed by atoms with Gasteiger partial charge in [0.05, 0.1) is 0 Å². The molecule has 0 aromatic heterocycles. The van der Waals surface area contributed by atoms with Crippen LogP contribution in [0, 0.1) is 0 Å². The number of benzene rings is 1. The van der Waals surface area contributed by atoms with E-state index in [-0.39, 0.29) is 12.3 Å². The lowest BCUT2D eigenvalue weighted by Crippen LogP contribution is -2.42. The summed E-state index contributed by atoms with van der Waals surface area (Å²) < 4.78 is 0. The highest BCUT2D eigenvalue weighted by atomic mass is 35.5. The molecule has 164 valence electrons. The fourth-order valence-corrected chi connectivity index (χ4v) is 3.59. The maximum Gasteiger partial charge on any atom is 0.326 e. The summed E-state index contributed by atoms with van der Waals surface area (Å²) in [5.41, 5.74) is 1.85. The number of carbonyl (C=O) groups excluding carboxylic acids is 1. The lowest BCUT2D eigenvalue weighted by Gasteiger charge is -2.23. The molecule has 1 aromatic carbocycles. The molecule has 0 radical (unpaired) electrons. The molecular weight excluding hydrogens is 411 g/mol. The Labute approximate surface area is 184 Å². The van der Waals surface area contributed by atoms with E-state index in [1.807, 2.05) is 24.3 Å². The maximum atomic E-state index is 12.1. The molecule has 7 heteroatoms. The third-order valence-corrected chi connectivity index (χ3v) is 5.18. The van der Waals surface area contributed by atoms with E-state index in [1.54, 1.807) is 0 Å². The van der Waals surface area contributed by atoms with Crippen molar-refractivity contribution in [3.8, 4) is 0 Å². The van der Waals surface area contributed by atoms with Gasteiger partial charge in [0.25, 0.3) is 0 Å². The minimum absolute atomic E-state index is 0.195. The number of anilines is 1. The van der Waals surface area contributed by atoms with Gasteiger partial charge in [0, 0.05) is 43.4 Å². The number of amides is 1. The summed E-state index contributed by atoms with van der Waals surface area (Å²) in [4.78, 5) is 25.8. The molecule has 29 heavy (non-hydrogen) atoms. The second kappa shape index (κ2) is 15.4. The van der Waals surface area contributed by atoms with Crippen LogP contribution in [-0.4, -0.2) is 47.9 Å². The van der Waals surface area contributed by atoms with Crippen LogP contribution in [0.3, 0.4) is 0 Å². The Morgan fingerprint density at radius 1 is 1.00 bits per heavy atom. The first-order valence-electron chi connectivity index (χ1n) is 10.5. The number of halogens is 2. The molecule has 0 aliphatic rings. The molecule has 1 atom stereocenters. The Kier molecular flexibility index (Phi) is 13.6. The smallest absolute Gasteiger partial charge is 0.326 e. The van der Waals surface area contributed by atoms with Crippen molar-refractivity contribution >= 4 is 40.8 Å². The van der Waals surface area contributed by atoms with Crippen LogP contribution in [0.2, 0.25) is 0 Å². The van der Waals surface area contributed by atoms with Crippen LogP contribution >= 0.6 is 23.2 Å². The number of hydrogen-bond acceptors (Lipinski definition) is 3. The maximum absolute atomic E-state index is 12.1. The summed E-state index contributed by atoms with van der Waals surface area (Å²) >= 11 is 11.7. The third kappa shape index (κ3) is 10.8. The van der Waals surface area contributed by atoms with Gasteiger partial charge in [-0.05, 0) is 24.1 Å². The lowest BCUT2D eigenvalue weighted by molar-refractivity contribution is -0.141. The van der Waals surface area contributed by atoms with E-state index < -0.39 is 12.0 Å². The quantitative estimate of drug-likeness (QED) is 0.282. The minimum Gasteiger partial charge on any atom is -0.480 e. The average Bonchev–Trinajstić information content (AvgIpc) is 2.70. The molecule has 0 fully saturated rings. The SMILES string of the molecule is CCCCCCCCC(=O)NC(Cc1ccc(N(CCCl)CCCl)cc1)C(=O)O. The van der Waals surface area contributed by atoms with Crippen molar-refractivity contribution in [2.24, 2.45) is 0 Å². The normalized spacial score (nSPS) is 11.8. The molecule has 0 aliphatic carbocycles. The number of nitrogens with one attached hydrogen (secondary N) is 1. The van der Waals surface area contributed by atoms with Crippen molar-refractivity contribution in [3.05, 3.63) is 29.8 Å². The number of hydrogen-bond donors (Lipinski definition) is 2. The van der Waals surface area contributed by atoms with Crippen LogP contribution in [0.5, 0.6) is 0 Å². The van der Waals surface area contributed by atoms with Crippen LogP contribution in [0.1, 0.15) is 57.4 Å². The van der Waals surface area contributed by atoms with Crippen LogP contribution in [0.4, 0.5) is 5.69 Å². The topological polar surface area (TPSA) is 69.6 Å². The average molecular weight is 445 g/mol. The van der Waals surface area contributed by atoms with Gasteiger partial charge in [-0.1, -0.05) is 51.2 Å². The highest BCUT2D eigenvalue weighted by Crippen LogP contribution is 2.17. The monoisotopic (exact) mass is 444 g/mol. The van der Waals surface area contributed by atoms with E-state index in [2.05, 4.69) is 17.1 Å². The number of aliphatic carboxylic acids is 1. The van der Waals surface area contributed by atoms with Gasteiger partial charge in [0.15, 0.2) is 0 Å². The molecule has 0 bridgehead atoms. The van der Waals surface area contributed by atoms with Crippen molar-refractivity contribution in [1.82, 2.24) is 5.32 Å². The van der Waals surface area contributed by atoms with Crippen LogP contribution in [-0.2, 0) is 16.0 Å². The molecule has 1 rings (SSSR count). The molecule has 0 heterocycles. The van der Waals surface area contributed by atoms with Crippen LogP contribution in [0.15, 0.2) is 24.3 Å². The summed E-state index contributed by atoms with van der Waals surface area (Å²) in [7, 11) is 0. The molecule has 1 unspecified atom stereocenters. The van der Waals surface area contributed by atoms with Crippen molar-refractivity contribution in [2.75, 3.05) is 29.7 Å². The Hall–Kier alpha value is -1.46. The third-order valence-electron chi connectivity index (χ3n) is 4.84. The zero-order valence-corrected chi connectivity index (χ0v) is 18.9. The van der Waals surface area contributed by atoms with Gasteiger partial charge >= 0.3 is 5.97 Å². The van der Waals surface area contributed by atoms with Gasteiger partial charge in [-0.2, -0.15) is 0 Å². The number of rotatable bonds is 16. The van der Waals surface area contributed by atoms with Crippen LogP contribution < -0.4 is 10.2 Å². The summed E-state index contributed by atoms with van der Waals surface area (Å²) in [6.45, 7) is 3.56. The fraction of sp³-hybridized carbons (Fsp3) is 0.636. The van der Waals surface area contributed by atoms with Gasteiger partial charge in [0.1, 0.15) is 6.04 Å². The number of nitrogens with zero attached hydrogens (tertiary/aromatic N) is 1. The second-order valence-electron chi connectivity index (χ2n) is 7.21. The second-order valence-corrected chi connectivity index (χ2v) is 7.97. The van der Waals surface area contributed by atoms with Gasteiger partial charge in [-0.3, -0.25) is 4.79 Å². The van der Waals surface area contributed by atoms with E-state index in [0.29, 0.717) is 31.3 Å². The first-order valence-corrected chi connectivity index (χ1v) is 11.6. The summed E-state index contributed by atoms with van der Waals surface area (Å²) in [6, 6.07) is 6.73. The van der Waals surface area contributed by atoms with E-state index in [4.69, 9.17) is 23.2 Å². The summed E-state index contributed by atoms with van der Waals surface area (Å²) in [5, 5.41) is 12.1. The number of carboxylic acids is 1. The highest BCUT2D eigenvalue weighted by molar-refractivity contribution is 6.18. The minimum atomic E-state index is -1.02. The number of unbranched alkanes of at least 4 members (excludes halogenated alkanes) is 5. The molecule has 0 saturated heterocycles. The van der Waals surface area contributed by atoms with E-state index in [0.717, 1.165) is 30.5 Å². The van der Waals surface area contributed by atoms with Crippen LogP contribution in [0.25, 0.3) is 0 Å². The van der Waals surface area contributed by atoms with Gasteiger partial charge in [0.2, 0.25) is 5.91 Å². The number of alkyl halides is 2. The molecule has 5 nitrogen and oxygen atoms in total. The Morgan fingerprint density at radius 3 is 2.14 bits per heavy atom. The molecule has 2 N–H and O–H groups in total. The largest absolute Gasteiger partial charge is 0.480 e. The van der Waals surface area contributed by atoms with Crippen molar-refractivity contribution in [3.63, 3.8) is 0 Å². The lowest BCUT2D eigenvalue weighted by atomic mass is 10.0. The Bertz CT molecular complexity index is 590. The Morgan fingerprint density at radius 2 is 1.59 bits per heavy atom. The summed E-state index contributed by atoms with van der Waals surface area (Å²) in [5.74, 6) is -0.203.